The number of likely N-dealkylation sites (N-methyl/N-ethyl adjacent to an activating group) is 1. The zero-order valence-electron chi connectivity index (χ0n) is 17.1. The number of likely N-dealkylation sites (tertiary alicyclic amines) is 1. The van der Waals surface area contributed by atoms with Gasteiger partial charge in [0, 0.05) is 52.7 Å². The summed E-state index contributed by atoms with van der Waals surface area (Å²) in [7, 11) is 3.93. The van der Waals surface area contributed by atoms with Crippen LogP contribution in [0.25, 0.3) is 0 Å². The van der Waals surface area contributed by atoms with Crippen molar-refractivity contribution in [1.29, 1.82) is 0 Å². The van der Waals surface area contributed by atoms with Gasteiger partial charge in [0.1, 0.15) is 0 Å². The molecule has 5 nitrogen and oxygen atoms in total. The molecule has 0 aliphatic carbocycles. The van der Waals surface area contributed by atoms with Gasteiger partial charge in [-0.25, -0.2) is 0 Å². The summed E-state index contributed by atoms with van der Waals surface area (Å²) in [5.41, 5.74) is 0. The number of nitrogens with one attached hydrogen (secondary N) is 1. The third-order valence-electron chi connectivity index (χ3n) is 4.79. The molecule has 1 amide bonds. The fourth-order valence-electron chi connectivity index (χ4n) is 3.13. The predicted octanol–water partition coefficient (Wildman–Crippen LogP) is 2.13. The number of amides is 1. The van der Waals surface area contributed by atoms with Crippen molar-refractivity contribution < 1.29 is 4.79 Å². The Morgan fingerprint density at radius 2 is 1.33 bits per heavy atom. The average Bonchev–Trinajstić information content (AvgIpc) is 2.65. The van der Waals surface area contributed by atoms with Crippen molar-refractivity contribution in [3.63, 3.8) is 0 Å². The van der Waals surface area contributed by atoms with E-state index in [0.29, 0.717) is 12.3 Å². The van der Waals surface area contributed by atoms with E-state index in [1.165, 1.54) is 52.1 Å². The lowest BCUT2D eigenvalue weighted by Crippen LogP contribution is -2.47. The zero-order chi connectivity index (χ0) is 18.4. The average molecular weight is 343 g/mol. The highest BCUT2D eigenvalue weighted by Crippen LogP contribution is 2.20. The molecule has 0 spiro atoms. The lowest BCUT2D eigenvalue weighted by Gasteiger charge is -2.36. The molecule has 2 saturated heterocycles. The van der Waals surface area contributed by atoms with E-state index in [1.807, 2.05) is 27.7 Å². The van der Waals surface area contributed by atoms with Crippen molar-refractivity contribution in [1.82, 2.24) is 20.0 Å². The highest BCUT2D eigenvalue weighted by Gasteiger charge is 2.22. The van der Waals surface area contributed by atoms with E-state index in [9.17, 15) is 4.79 Å². The van der Waals surface area contributed by atoms with E-state index in [4.69, 9.17) is 0 Å². The Kier molecular flexibility index (Phi) is 14.3. The van der Waals surface area contributed by atoms with Crippen LogP contribution in [0.4, 0.5) is 0 Å². The number of piperidine rings is 1. The first-order valence-electron chi connectivity index (χ1n) is 10.0. The van der Waals surface area contributed by atoms with Gasteiger partial charge in [0.15, 0.2) is 0 Å². The molecule has 24 heavy (non-hydrogen) atoms. The number of nitrogens with zero attached hydrogens (tertiary/aromatic N) is 3. The molecule has 2 fully saturated rings. The van der Waals surface area contributed by atoms with Gasteiger partial charge in [-0.2, -0.15) is 0 Å². The third-order valence-corrected chi connectivity index (χ3v) is 4.79. The summed E-state index contributed by atoms with van der Waals surface area (Å²) in [4.78, 5) is 18.9. The van der Waals surface area contributed by atoms with Gasteiger partial charge in [0.2, 0.25) is 5.91 Å². The summed E-state index contributed by atoms with van der Waals surface area (Å²) < 4.78 is 0. The van der Waals surface area contributed by atoms with Crippen LogP contribution in [0, 0.1) is 5.92 Å². The van der Waals surface area contributed by atoms with Crippen molar-refractivity contribution in [2.75, 3.05) is 66.5 Å². The first-order valence-corrected chi connectivity index (χ1v) is 10.0. The molecule has 2 rings (SSSR count). The van der Waals surface area contributed by atoms with Gasteiger partial charge in [0.05, 0.1) is 0 Å². The molecule has 0 aromatic rings. The minimum Gasteiger partial charge on any atom is -0.359 e. The van der Waals surface area contributed by atoms with Crippen molar-refractivity contribution in [3.05, 3.63) is 0 Å². The van der Waals surface area contributed by atoms with Gasteiger partial charge in [-0.3, -0.25) is 9.69 Å². The molecule has 0 atom stereocenters. The van der Waals surface area contributed by atoms with Crippen LogP contribution in [-0.2, 0) is 4.79 Å². The van der Waals surface area contributed by atoms with E-state index in [1.54, 1.807) is 7.05 Å². The Hall–Kier alpha value is -0.650. The fourth-order valence-corrected chi connectivity index (χ4v) is 3.13. The maximum absolute atomic E-state index is 11.4. The Balaban J connectivity index is 0.00000123. The minimum absolute atomic E-state index is 0.195. The Labute approximate surface area is 150 Å². The molecule has 0 bridgehead atoms. The summed E-state index contributed by atoms with van der Waals surface area (Å²) in [5, 5.41) is 2.73. The molecule has 0 saturated carbocycles. The van der Waals surface area contributed by atoms with Crippen molar-refractivity contribution >= 4 is 5.91 Å². The van der Waals surface area contributed by atoms with Gasteiger partial charge in [-0.05, 0) is 38.9 Å². The maximum Gasteiger partial charge on any atom is 0.220 e. The molecule has 2 heterocycles. The smallest absolute Gasteiger partial charge is 0.220 e. The first kappa shape index (κ1) is 23.4. The van der Waals surface area contributed by atoms with Gasteiger partial charge < -0.3 is 15.1 Å². The molecule has 5 heteroatoms. The van der Waals surface area contributed by atoms with Crippen LogP contribution >= 0.6 is 0 Å². The predicted molar refractivity (Wildman–Crippen MR) is 104 cm³/mol. The second-order valence-corrected chi connectivity index (χ2v) is 6.31. The second-order valence-electron chi connectivity index (χ2n) is 6.31. The van der Waals surface area contributed by atoms with E-state index in [2.05, 4.69) is 27.1 Å². The molecule has 1 N–H and O–H groups in total. The second kappa shape index (κ2) is 14.7. The molecule has 144 valence electrons. The monoisotopic (exact) mass is 342 g/mol. The maximum atomic E-state index is 11.4. The summed E-state index contributed by atoms with van der Waals surface area (Å²) >= 11 is 0. The summed E-state index contributed by atoms with van der Waals surface area (Å²) in [6.07, 6.45) is 3.06. The Bertz CT molecular complexity index is 296. The lowest BCUT2D eigenvalue weighted by molar-refractivity contribution is -0.121. The summed E-state index contributed by atoms with van der Waals surface area (Å²) in [5.74, 6) is 0.788. The number of carbonyl (C=O) groups excluding carboxylic acids is 1. The van der Waals surface area contributed by atoms with Gasteiger partial charge in [-0.15, -0.1) is 0 Å². The SMILES string of the molecule is CC.CC.CNC(=O)CC1CCN(CCN2CCN(C)CC2)CC1. The topological polar surface area (TPSA) is 38.8 Å². The Morgan fingerprint density at radius 1 is 0.875 bits per heavy atom. The van der Waals surface area contributed by atoms with Crippen LogP contribution in [-0.4, -0.2) is 87.1 Å². The number of piperazine rings is 1. The van der Waals surface area contributed by atoms with Gasteiger partial charge >= 0.3 is 0 Å². The van der Waals surface area contributed by atoms with E-state index < -0.39 is 0 Å². The quantitative estimate of drug-likeness (QED) is 0.831. The van der Waals surface area contributed by atoms with Crippen LogP contribution in [0.2, 0.25) is 0 Å². The minimum atomic E-state index is 0.195. The van der Waals surface area contributed by atoms with Crippen LogP contribution in [0.3, 0.4) is 0 Å². The van der Waals surface area contributed by atoms with Crippen LogP contribution < -0.4 is 5.32 Å². The van der Waals surface area contributed by atoms with Crippen molar-refractivity contribution in [3.8, 4) is 0 Å². The fraction of sp³-hybridized carbons (Fsp3) is 0.947. The molecule has 0 unspecified atom stereocenters. The molecular formula is C19H42N4O. The van der Waals surface area contributed by atoms with Gasteiger partial charge in [-0.1, -0.05) is 27.7 Å². The number of hydrogen-bond donors (Lipinski definition) is 1. The highest BCUT2D eigenvalue weighted by molar-refractivity contribution is 5.75. The molecule has 0 aromatic carbocycles. The first-order chi connectivity index (χ1) is 11.7. The van der Waals surface area contributed by atoms with Crippen LogP contribution in [0.15, 0.2) is 0 Å². The van der Waals surface area contributed by atoms with Gasteiger partial charge in [0.25, 0.3) is 0 Å². The largest absolute Gasteiger partial charge is 0.359 e. The van der Waals surface area contributed by atoms with E-state index in [0.717, 1.165) is 13.1 Å². The molecule has 2 aliphatic heterocycles. The molecule has 2 aliphatic rings. The van der Waals surface area contributed by atoms with E-state index >= 15 is 0 Å². The normalized spacial score (nSPS) is 20.4. The van der Waals surface area contributed by atoms with Crippen LogP contribution in [0.5, 0.6) is 0 Å². The lowest BCUT2D eigenvalue weighted by atomic mass is 9.93. The highest BCUT2D eigenvalue weighted by atomic mass is 16.1. The molecule has 0 radical (unpaired) electrons. The molecular weight excluding hydrogens is 300 g/mol. The summed E-state index contributed by atoms with van der Waals surface area (Å²) in [6.45, 7) is 17.5. The number of carbonyl (C=O) groups is 1. The number of rotatable bonds is 5. The zero-order valence-corrected chi connectivity index (χ0v) is 17.1. The third kappa shape index (κ3) is 9.60. The van der Waals surface area contributed by atoms with E-state index in [-0.39, 0.29) is 5.91 Å². The summed E-state index contributed by atoms with van der Waals surface area (Å²) in [6, 6.07) is 0. The number of hydrogen-bond acceptors (Lipinski definition) is 4. The molecule has 0 aromatic heterocycles. The van der Waals surface area contributed by atoms with Crippen LogP contribution in [0.1, 0.15) is 47.0 Å². The van der Waals surface area contributed by atoms with Crippen molar-refractivity contribution in [2.45, 2.75) is 47.0 Å². The Morgan fingerprint density at radius 3 is 1.79 bits per heavy atom. The van der Waals surface area contributed by atoms with Crippen molar-refractivity contribution in [2.24, 2.45) is 5.92 Å². The standard InChI is InChI=1S/C15H30N4O.2C2H6/c1-16-15(20)13-14-3-5-18(6-4-14)11-12-19-9-7-17(2)8-10-19;2*1-2/h14H,3-13H2,1-2H3,(H,16,20);2*1-2H3.